The lowest BCUT2D eigenvalue weighted by atomic mass is 10.0. The van der Waals surface area contributed by atoms with Crippen LogP contribution < -0.4 is 27.4 Å². The minimum Gasteiger partial charge on any atom is -0.370 e. The normalized spacial score (nSPS) is 16.5. The van der Waals surface area contributed by atoms with Gasteiger partial charge in [-0.1, -0.05) is 36.4 Å². The summed E-state index contributed by atoms with van der Waals surface area (Å²) in [6.45, 7) is 0.718. The third-order valence-electron chi connectivity index (χ3n) is 8.45. The lowest BCUT2D eigenvalue weighted by molar-refractivity contribution is -0.141. The predicted molar refractivity (Wildman–Crippen MR) is 175 cm³/mol. The van der Waals surface area contributed by atoms with Crippen LogP contribution in [0.2, 0.25) is 0 Å². The molecule has 5 rings (SSSR count). The number of hydrogen-bond acceptors (Lipinski definition) is 6. The Hall–Kier alpha value is -5.17. The van der Waals surface area contributed by atoms with Crippen LogP contribution in [0.4, 0.5) is 0 Å². The average molecular weight is 627 g/mol. The van der Waals surface area contributed by atoms with Crippen molar-refractivity contribution in [2.45, 2.75) is 62.7 Å². The van der Waals surface area contributed by atoms with Crippen molar-refractivity contribution in [2.24, 2.45) is 11.5 Å². The lowest BCUT2D eigenvalue weighted by Crippen LogP contribution is -2.57. The van der Waals surface area contributed by atoms with E-state index < -0.39 is 41.9 Å². The molecule has 4 atom stereocenters. The Morgan fingerprint density at radius 1 is 0.978 bits per heavy atom. The number of nitrogens with two attached hydrogens (primary N) is 2. The summed E-state index contributed by atoms with van der Waals surface area (Å²) in [5, 5.41) is 17.5. The average Bonchev–Trinajstić information content (AvgIpc) is 3.81. The van der Waals surface area contributed by atoms with Crippen molar-refractivity contribution in [3.63, 3.8) is 0 Å². The first-order chi connectivity index (χ1) is 22.2. The fourth-order valence-corrected chi connectivity index (χ4v) is 6.09. The molecule has 3 amide bonds. The van der Waals surface area contributed by atoms with E-state index in [1.165, 1.54) is 4.90 Å². The second-order valence-corrected chi connectivity index (χ2v) is 11.6. The van der Waals surface area contributed by atoms with Gasteiger partial charge in [0.2, 0.25) is 24.0 Å². The maximum Gasteiger partial charge on any atom is 0.246 e. The third kappa shape index (κ3) is 7.54. The highest BCUT2D eigenvalue weighted by molar-refractivity contribution is 5.95. The van der Waals surface area contributed by atoms with Crippen LogP contribution in [-0.4, -0.2) is 82.1 Å². The summed E-state index contributed by atoms with van der Waals surface area (Å²) in [6, 6.07) is 11.8. The molecular formula is C33H40N9O4. The summed E-state index contributed by atoms with van der Waals surface area (Å²) in [5.74, 6) is -1.49. The van der Waals surface area contributed by atoms with E-state index in [1.807, 2.05) is 67.2 Å². The molecule has 0 spiro atoms. The Kier molecular flexibility index (Phi) is 10.3. The minimum absolute atomic E-state index is 0.165. The van der Waals surface area contributed by atoms with Gasteiger partial charge in [-0.3, -0.25) is 24.6 Å². The summed E-state index contributed by atoms with van der Waals surface area (Å²) >= 11 is 0. The van der Waals surface area contributed by atoms with Gasteiger partial charge in [0, 0.05) is 60.1 Å². The monoisotopic (exact) mass is 626 g/mol. The predicted octanol–water partition coefficient (Wildman–Crippen LogP) is 1.10. The first kappa shape index (κ1) is 32.2. The summed E-state index contributed by atoms with van der Waals surface area (Å²) in [7, 11) is 0. The van der Waals surface area contributed by atoms with Crippen molar-refractivity contribution in [3.8, 4) is 0 Å². The molecule has 13 heteroatoms. The Balaban J connectivity index is 1.29. The zero-order valence-corrected chi connectivity index (χ0v) is 25.5. The number of carbonyl (C=O) groups is 3. The number of rotatable bonds is 14. The van der Waals surface area contributed by atoms with Gasteiger partial charge >= 0.3 is 0 Å². The van der Waals surface area contributed by atoms with E-state index in [0.717, 1.165) is 32.9 Å². The molecule has 1 radical (unpaired) electrons. The van der Waals surface area contributed by atoms with Gasteiger partial charge in [-0.2, -0.15) is 0 Å². The van der Waals surface area contributed by atoms with Crippen molar-refractivity contribution >= 4 is 51.8 Å². The highest BCUT2D eigenvalue weighted by Gasteiger charge is 2.39. The fourth-order valence-electron chi connectivity index (χ4n) is 6.09. The largest absolute Gasteiger partial charge is 0.370 e. The van der Waals surface area contributed by atoms with Crippen molar-refractivity contribution in [3.05, 3.63) is 72.1 Å². The Bertz CT molecular complexity index is 1710. The zero-order valence-electron chi connectivity index (χ0n) is 25.5. The second-order valence-electron chi connectivity index (χ2n) is 11.6. The number of likely N-dealkylation sites (tertiary alicyclic amines) is 1. The molecule has 4 aromatic rings. The van der Waals surface area contributed by atoms with Crippen LogP contribution in [0.25, 0.3) is 21.8 Å². The summed E-state index contributed by atoms with van der Waals surface area (Å²) in [6.07, 6.45) is 7.83. The molecule has 46 heavy (non-hydrogen) atoms. The lowest BCUT2D eigenvalue weighted by Gasteiger charge is -2.30. The molecular weight excluding hydrogens is 586 g/mol. The maximum atomic E-state index is 14.1. The second kappa shape index (κ2) is 14.7. The number of nitrogens with one attached hydrogen (secondary N) is 6. The molecule has 241 valence electrons. The molecule has 2 aromatic carbocycles. The molecule has 10 N–H and O–H groups in total. The molecule has 1 fully saturated rings. The van der Waals surface area contributed by atoms with Crippen LogP contribution in [0.5, 0.6) is 0 Å². The van der Waals surface area contributed by atoms with Gasteiger partial charge < -0.3 is 42.3 Å². The molecule has 3 heterocycles. The number of H-pyrrole nitrogens is 2. The molecule has 1 saturated heterocycles. The van der Waals surface area contributed by atoms with Crippen LogP contribution >= 0.6 is 0 Å². The number of para-hydroxylation sites is 2. The quantitative estimate of drug-likeness (QED) is 0.0579. The van der Waals surface area contributed by atoms with Crippen LogP contribution in [0.15, 0.2) is 60.9 Å². The topological polar surface area (TPSA) is 215 Å². The van der Waals surface area contributed by atoms with E-state index in [4.69, 9.17) is 16.9 Å². The summed E-state index contributed by atoms with van der Waals surface area (Å²) in [4.78, 5) is 60.7. The minimum atomic E-state index is -0.985. The maximum absolute atomic E-state index is 14.1. The highest BCUT2D eigenvalue weighted by atomic mass is 16.2. The van der Waals surface area contributed by atoms with Gasteiger partial charge in [0.15, 0.2) is 5.96 Å². The van der Waals surface area contributed by atoms with Crippen LogP contribution in [0.1, 0.15) is 36.8 Å². The first-order valence-corrected chi connectivity index (χ1v) is 15.5. The molecule has 2 aromatic heterocycles. The van der Waals surface area contributed by atoms with Crippen molar-refractivity contribution in [2.75, 3.05) is 13.1 Å². The van der Waals surface area contributed by atoms with E-state index in [9.17, 15) is 19.2 Å². The number of benzene rings is 2. The Labute approximate surface area is 266 Å². The van der Waals surface area contributed by atoms with Gasteiger partial charge in [0.25, 0.3) is 0 Å². The molecule has 1 aliphatic rings. The highest BCUT2D eigenvalue weighted by Crippen LogP contribution is 2.24. The zero-order chi connectivity index (χ0) is 32.6. The number of guanidine groups is 1. The Morgan fingerprint density at radius 2 is 1.61 bits per heavy atom. The van der Waals surface area contributed by atoms with Crippen LogP contribution in [-0.2, 0) is 32.0 Å². The molecule has 13 nitrogen and oxygen atoms in total. The fraction of sp³-hybridized carbons (Fsp3) is 0.364. The van der Waals surface area contributed by atoms with E-state index in [1.54, 1.807) is 0 Å². The first-order valence-electron chi connectivity index (χ1n) is 15.5. The molecule has 0 saturated carbocycles. The molecule has 0 aliphatic carbocycles. The number of carbonyl (C=O) groups excluding carboxylic acids is 4. The van der Waals surface area contributed by atoms with E-state index in [2.05, 4.69) is 25.9 Å². The molecule has 0 unspecified atom stereocenters. The number of aromatic amines is 2. The Morgan fingerprint density at radius 3 is 2.24 bits per heavy atom. The van der Waals surface area contributed by atoms with Crippen molar-refractivity contribution < 1.29 is 19.2 Å². The van der Waals surface area contributed by atoms with Gasteiger partial charge in [-0.05, 0) is 48.9 Å². The third-order valence-corrected chi connectivity index (χ3v) is 8.45. The van der Waals surface area contributed by atoms with Gasteiger partial charge in [0.05, 0.1) is 12.1 Å². The van der Waals surface area contributed by atoms with Crippen LogP contribution in [0, 0.1) is 5.41 Å². The van der Waals surface area contributed by atoms with Gasteiger partial charge in [-0.25, -0.2) is 0 Å². The number of fused-ring (bicyclic) bond motifs is 2. The number of nitrogens with zero attached hydrogens (tertiary/aromatic N) is 1. The van der Waals surface area contributed by atoms with E-state index >= 15 is 0 Å². The molecule has 1 aliphatic heterocycles. The van der Waals surface area contributed by atoms with Gasteiger partial charge in [-0.15, -0.1) is 0 Å². The van der Waals surface area contributed by atoms with Gasteiger partial charge in [0.1, 0.15) is 12.1 Å². The SMILES string of the molecule is N=C(N)NCCC[C@H](N)C(=O)N[C@@H](Cc1c[nH]c2ccccc12)C(=O)N1CCC[C@H]1C(=O)N[C@H]([C]=O)Cc1c[nH]c2ccccc12. The van der Waals surface area contributed by atoms with Crippen LogP contribution in [0.3, 0.4) is 0 Å². The van der Waals surface area contributed by atoms with Crippen molar-refractivity contribution in [1.29, 1.82) is 5.41 Å². The summed E-state index contributed by atoms with van der Waals surface area (Å²) in [5.41, 5.74) is 15.0. The number of aromatic nitrogens is 2. The van der Waals surface area contributed by atoms with Crippen molar-refractivity contribution in [1.82, 2.24) is 30.8 Å². The van der Waals surface area contributed by atoms with E-state index in [0.29, 0.717) is 38.8 Å². The number of hydrogen-bond donors (Lipinski definition) is 8. The standard InChI is InChI=1S/C33H40N9O4/c34-25(9-5-13-37-33(35)36)30(44)41-28(16-21-18-39-27-11-4-2-8-24(21)27)32(46)42-14-6-12-29(42)31(45)40-22(19-43)15-20-17-38-26-10-3-1-7-23(20)26/h1-4,7-8,10-11,17-18,22,25,28-29,38-39H,5-6,9,12-16,34H2,(H,40,45)(H,41,44)(H4,35,36,37)/t22-,25-,28-,29-/m0/s1. The summed E-state index contributed by atoms with van der Waals surface area (Å²) < 4.78 is 0. The smallest absolute Gasteiger partial charge is 0.246 e. The van der Waals surface area contributed by atoms with E-state index in [-0.39, 0.29) is 18.8 Å². The number of amides is 3. The molecule has 0 bridgehead atoms.